The molecule has 1 aromatic carbocycles. The summed E-state index contributed by atoms with van der Waals surface area (Å²) < 4.78 is 6.66. The average Bonchev–Trinajstić information content (AvgIpc) is 2.08. The van der Waals surface area contributed by atoms with Crippen LogP contribution in [0.1, 0.15) is 25.5 Å². The molecule has 0 aromatic heterocycles. The fraction of sp³-hybridized carbons (Fsp3) is 0.400. The van der Waals surface area contributed by atoms with Crippen molar-refractivity contribution in [3.8, 4) is 5.75 Å². The normalized spacial score (nSPS) is 12.6. The van der Waals surface area contributed by atoms with E-state index in [1.165, 1.54) is 3.57 Å². The maximum absolute atomic E-state index is 5.83. The van der Waals surface area contributed by atoms with Gasteiger partial charge in [-0.1, -0.05) is 0 Å². The molecule has 13 heavy (non-hydrogen) atoms. The standard InChI is InChI=1S/C10H14INO/c1-3-13-10-5-4-8(11)6-9(10)7(2)12/h4-7H,3,12H2,1-2H3. The Balaban J connectivity index is 3.03. The van der Waals surface area contributed by atoms with Gasteiger partial charge < -0.3 is 10.5 Å². The molecule has 72 valence electrons. The van der Waals surface area contributed by atoms with Crippen LogP contribution in [0.5, 0.6) is 5.75 Å². The van der Waals surface area contributed by atoms with Crippen molar-refractivity contribution in [1.82, 2.24) is 0 Å². The van der Waals surface area contributed by atoms with Gasteiger partial charge in [-0.25, -0.2) is 0 Å². The van der Waals surface area contributed by atoms with Gasteiger partial charge in [0.25, 0.3) is 0 Å². The molecule has 0 fully saturated rings. The fourth-order valence-electron chi connectivity index (χ4n) is 1.16. The van der Waals surface area contributed by atoms with Crippen LogP contribution in [0.4, 0.5) is 0 Å². The van der Waals surface area contributed by atoms with E-state index >= 15 is 0 Å². The van der Waals surface area contributed by atoms with Crippen LogP contribution in [0.2, 0.25) is 0 Å². The SMILES string of the molecule is CCOc1ccc(I)cc1C(C)N. The van der Waals surface area contributed by atoms with Gasteiger partial charge in [-0.3, -0.25) is 0 Å². The molecule has 0 aliphatic rings. The average molecular weight is 291 g/mol. The number of ether oxygens (including phenoxy) is 1. The summed E-state index contributed by atoms with van der Waals surface area (Å²) >= 11 is 2.27. The molecular formula is C10H14INO. The van der Waals surface area contributed by atoms with Crippen molar-refractivity contribution in [3.05, 3.63) is 27.3 Å². The van der Waals surface area contributed by atoms with Crippen LogP contribution in [-0.4, -0.2) is 6.61 Å². The largest absolute Gasteiger partial charge is 0.494 e. The molecule has 2 nitrogen and oxygen atoms in total. The van der Waals surface area contributed by atoms with Gasteiger partial charge in [-0.05, 0) is 54.6 Å². The molecule has 0 heterocycles. The van der Waals surface area contributed by atoms with Crippen LogP contribution in [0, 0.1) is 3.57 Å². The number of hydrogen-bond acceptors (Lipinski definition) is 2. The summed E-state index contributed by atoms with van der Waals surface area (Å²) in [6, 6.07) is 6.09. The first-order chi connectivity index (χ1) is 6.15. The van der Waals surface area contributed by atoms with E-state index in [0.717, 1.165) is 11.3 Å². The second kappa shape index (κ2) is 4.81. The third-order valence-corrected chi connectivity index (χ3v) is 2.43. The van der Waals surface area contributed by atoms with E-state index in [0.29, 0.717) is 6.61 Å². The number of halogens is 1. The highest BCUT2D eigenvalue weighted by Crippen LogP contribution is 2.25. The first-order valence-corrected chi connectivity index (χ1v) is 5.41. The fourth-order valence-corrected chi connectivity index (χ4v) is 1.68. The quantitative estimate of drug-likeness (QED) is 0.869. The zero-order chi connectivity index (χ0) is 9.84. The number of nitrogens with two attached hydrogens (primary N) is 1. The highest BCUT2D eigenvalue weighted by Gasteiger charge is 2.07. The predicted octanol–water partition coefficient (Wildman–Crippen LogP) is 2.71. The van der Waals surface area contributed by atoms with Crippen LogP contribution >= 0.6 is 22.6 Å². The Kier molecular flexibility index (Phi) is 3.99. The van der Waals surface area contributed by atoms with Gasteiger partial charge in [0.1, 0.15) is 5.75 Å². The third-order valence-electron chi connectivity index (χ3n) is 1.76. The molecule has 0 saturated carbocycles. The monoisotopic (exact) mass is 291 g/mol. The van der Waals surface area contributed by atoms with Crippen LogP contribution in [0.3, 0.4) is 0 Å². The van der Waals surface area contributed by atoms with E-state index in [4.69, 9.17) is 10.5 Å². The van der Waals surface area contributed by atoms with E-state index in [2.05, 4.69) is 28.7 Å². The van der Waals surface area contributed by atoms with Crippen molar-refractivity contribution in [2.24, 2.45) is 5.73 Å². The van der Waals surface area contributed by atoms with Gasteiger partial charge in [-0.15, -0.1) is 0 Å². The predicted molar refractivity (Wildman–Crippen MR) is 62.9 cm³/mol. The molecule has 0 aliphatic carbocycles. The minimum Gasteiger partial charge on any atom is -0.494 e. The second-order valence-corrected chi connectivity index (χ2v) is 4.15. The molecule has 2 N–H and O–H groups in total. The molecule has 0 spiro atoms. The van der Waals surface area contributed by atoms with Crippen molar-refractivity contribution in [2.75, 3.05) is 6.61 Å². The molecular weight excluding hydrogens is 277 g/mol. The Morgan fingerprint density at radius 1 is 1.54 bits per heavy atom. The van der Waals surface area contributed by atoms with Crippen LogP contribution in [0.15, 0.2) is 18.2 Å². The van der Waals surface area contributed by atoms with Gasteiger partial charge >= 0.3 is 0 Å². The highest BCUT2D eigenvalue weighted by atomic mass is 127. The molecule has 1 aromatic rings. The van der Waals surface area contributed by atoms with Gasteiger partial charge in [0, 0.05) is 15.2 Å². The van der Waals surface area contributed by atoms with E-state index in [9.17, 15) is 0 Å². The van der Waals surface area contributed by atoms with Gasteiger partial charge in [-0.2, -0.15) is 0 Å². The Morgan fingerprint density at radius 2 is 2.23 bits per heavy atom. The summed E-state index contributed by atoms with van der Waals surface area (Å²) in [4.78, 5) is 0. The van der Waals surface area contributed by atoms with E-state index in [-0.39, 0.29) is 6.04 Å². The molecule has 0 bridgehead atoms. The summed E-state index contributed by atoms with van der Waals surface area (Å²) in [6.07, 6.45) is 0. The molecule has 1 unspecified atom stereocenters. The molecule has 0 aliphatic heterocycles. The van der Waals surface area contributed by atoms with Gasteiger partial charge in [0.15, 0.2) is 0 Å². The van der Waals surface area contributed by atoms with Crippen molar-refractivity contribution in [1.29, 1.82) is 0 Å². The maximum Gasteiger partial charge on any atom is 0.124 e. The molecule has 0 saturated heterocycles. The highest BCUT2D eigenvalue weighted by molar-refractivity contribution is 14.1. The summed E-state index contributed by atoms with van der Waals surface area (Å²) in [5, 5.41) is 0. The zero-order valence-electron chi connectivity index (χ0n) is 7.88. The van der Waals surface area contributed by atoms with Gasteiger partial charge in [0.2, 0.25) is 0 Å². The number of hydrogen-bond donors (Lipinski definition) is 1. The van der Waals surface area contributed by atoms with Crippen molar-refractivity contribution in [3.63, 3.8) is 0 Å². The van der Waals surface area contributed by atoms with Crippen LogP contribution in [0.25, 0.3) is 0 Å². The Morgan fingerprint density at radius 3 is 2.77 bits per heavy atom. The topological polar surface area (TPSA) is 35.2 Å². The second-order valence-electron chi connectivity index (χ2n) is 2.90. The first kappa shape index (κ1) is 10.8. The Bertz CT molecular complexity index is 286. The lowest BCUT2D eigenvalue weighted by Crippen LogP contribution is -2.08. The lowest BCUT2D eigenvalue weighted by atomic mass is 10.1. The maximum atomic E-state index is 5.83. The van der Waals surface area contributed by atoms with E-state index in [1.54, 1.807) is 0 Å². The molecule has 1 atom stereocenters. The molecule has 1 rings (SSSR count). The van der Waals surface area contributed by atoms with E-state index < -0.39 is 0 Å². The summed E-state index contributed by atoms with van der Waals surface area (Å²) in [7, 11) is 0. The minimum absolute atomic E-state index is 0.0243. The molecule has 0 radical (unpaired) electrons. The number of benzene rings is 1. The van der Waals surface area contributed by atoms with Crippen LogP contribution in [-0.2, 0) is 0 Å². The van der Waals surface area contributed by atoms with Gasteiger partial charge in [0.05, 0.1) is 6.61 Å². The summed E-state index contributed by atoms with van der Waals surface area (Å²) in [6.45, 7) is 4.62. The van der Waals surface area contributed by atoms with Crippen molar-refractivity contribution < 1.29 is 4.74 Å². The van der Waals surface area contributed by atoms with Crippen molar-refractivity contribution in [2.45, 2.75) is 19.9 Å². The van der Waals surface area contributed by atoms with E-state index in [1.807, 2.05) is 26.0 Å². The molecule has 3 heteroatoms. The molecule has 0 amide bonds. The summed E-state index contributed by atoms with van der Waals surface area (Å²) in [5.41, 5.74) is 6.91. The Hall–Kier alpha value is -0.290. The Labute approximate surface area is 92.6 Å². The third kappa shape index (κ3) is 2.84. The van der Waals surface area contributed by atoms with Crippen LogP contribution < -0.4 is 10.5 Å². The lowest BCUT2D eigenvalue weighted by molar-refractivity contribution is 0.334. The van der Waals surface area contributed by atoms with Crippen molar-refractivity contribution >= 4 is 22.6 Å². The summed E-state index contributed by atoms with van der Waals surface area (Å²) in [5.74, 6) is 0.901. The first-order valence-electron chi connectivity index (χ1n) is 4.33. The minimum atomic E-state index is 0.0243. The lowest BCUT2D eigenvalue weighted by Gasteiger charge is -2.13. The zero-order valence-corrected chi connectivity index (χ0v) is 10.0. The smallest absolute Gasteiger partial charge is 0.124 e. The number of rotatable bonds is 3.